The fourth-order valence-electron chi connectivity index (χ4n) is 3.95. The Morgan fingerprint density at radius 1 is 0.875 bits per heavy atom. The second-order valence-corrected chi connectivity index (χ2v) is 7.66. The summed E-state index contributed by atoms with van der Waals surface area (Å²) in [7, 11) is 4.17. The van der Waals surface area contributed by atoms with Crippen LogP contribution in [-0.4, -0.2) is 111 Å². The van der Waals surface area contributed by atoms with Crippen molar-refractivity contribution in [3.63, 3.8) is 0 Å². The summed E-state index contributed by atoms with van der Waals surface area (Å²) >= 11 is 0. The van der Waals surface area contributed by atoms with Gasteiger partial charge in [0.2, 0.25) is 11.8 Å². The van der Waals surface area contributed by atoms with E-state index in [0.717, 1.165) is 65.3 Å². The quantitative estimate of drug-likeness (QED) is 0.709. The highest BCUT2D eigenvalue weighted by atomic mass is 16.2. The summed E-state index contributed by atoms with van der Waals surface area (Å²) in [4.78, 5) is 34.4. The van der Waals surface area contributed by atoms with Gasteiger partial charge in [-0.05, 0) is 27.1 Å². The van der Waals surface area contributed by atoms with Gasteiger partial charge < -0.3 is 24.9 Å². The Kier molecular flexibility index (Phi) is 5.42. The highest BCUT2D eigenvalue weighted by Crippen LogP contribution is 2.33. The van der Waals surface area contributed by atoms with Gasteiger partial charge in [-0.3, -0.25) is 9.59 Å². The van der Waals surface area contributed by atoms with Gasteiger partial charge in [-0.1, -0.05) is 0 Å². The van der Waals surface area contributed by atoms with E-state index in [4.69, 9.17) is 0 Å². The molecule has 3 saturated heterocycles. The topological polar surface area (TPSA) is 59.1 Å². The first-order valence-corrected chi connectivity index (χ1v) is 9.15. The molecule has 7 heteroatoms. The van der Waals surface area contributed by atoms with E-state index >= 15 is 0 Å². The summed E-state index contributed by atoms with van der Waals surface area (Å²) in [5, 5.41) is 3.32. The molecule has 2 amide bonds. The SMILES string of the molecule is CN1CCN(C(=O)CC2(C(=O)N3CCN(C)CC3)CCNC2)CC1. The smallest absolute Gasteiger partial charge is 0.230 e. The van der Waals surface area contributed by atoms with Crippen LogP contribution in [0.1, 0.15) is 12.8 Å². The van der Waals surface area contributed by atoms with Gasteiger partial charge in [0, 0.05) is 65.3 Å². The van der Waals surface area contributed by atoms with E-state index < -0.39 is 5.41 Å². The first-order chi connectivity index (χ1) is 11.5. The number of carbonyl (C=O) groups excluding carboxylic acids is 2. The van der Waals surface area contributed by atoms with Crippen molar-refractivity contribution >= 4 is 11.8 Å². The van der Waals surface area contributed by atoms with Crippen LogP contribution in [0.5, 0.6) is 0 Å². The van der Waals surface area contributed by atoms with Crippen LogP contribution < -0.4 is 5.32 Å². The molecule has 7 nitrogen and oxygen atoms in total. The van der Waals surface area contributed by atoms with Gasteiger partial charge in [0.05, 0.1) is 5.41 Å². The number of hydrogen-bond acceptors (Lipinski definition) is 5. The number of carbonyl (C=O) groups is 2. The highest BCUT2D eigenvalue weighted by Gasteiger charge is 2.46. The molecular weight excluding hydrogens is 306 g/mol. The van der Waals surface area contributed by atoms with E-state index in [-0.39, 0.29) is 11.8 Å². The fourth-order valence-corrected chi connectivity index (χ4v) is 3.95. The third-order valence-corrected chi connectivity index (χ3v) is 5.83. The molecule has 3 fully saturated rings. The van der Waals surface area contributed by atoms with Crippen molar-refractivity contribution in [1.29, 1.82) is 0 Å². The molecule has 1 N–H and O–H groups in total. The molecule has 0 aromatic rings. The summed E-state index contributed by atoms with van der Waals surface area (Å²) in [6, 6.07) is 0. The summed E-state index contributed by atoms with van der Waals surface area (Å²) in [6.07, 6.45) is 1.13. The minimum absolute atomic E-state index is 0.147. The molecule has 3 aliphatic rings. The number of amides is 2. The minimum atomic E-state index is -0.531. The third kappa shape index (κ3) is 3.73. The number of rotatable bonds is 3. The van der Waals surface area contributed by atoms with Crippen LogP contribution in [0.15, 0.2) is 0 Å². The average molecular weight is 337 g/mol. The molecule has 24 heavy (non-hydrogen) atoms. The van der Waals surface area contributed by atoms with E-state index in [1.54, 1.807) is 0 Å². The van der Waals surface area contributed by atoms with Crippen molar-refractivity contribution in [2.75, 3.05) is 79.5 Å². The number of likely N-dealkylation sites (N-methyl/N-ethyl adjacent to an activating group) is 2. The number of nitrogens with one attached hydrogen (secondary N) is 1. The van der Waals surface area contributed by atoms with E-state index in [9.17, 15) is 9.59 Å². The van der Waals surface area contributed by atoms with Crippen LogP contribution in [0, 0.1) is 5.41 Å². The first kappa shape index (κ1) is 17.6. The maximum absolute atomic E-state index is 13.2. The van der Waals surface area contributed by atoms with Crippen molar-refractivity contribution in [3.05, 3.63) is 0 Å². The van der Waals surface area contributed by atoms with Crippen LogP contribution in [-0.2, 0) is 9.59 Å². The number of nitrogens with zero attached hydrogens (tertiary/aromatic N) is 4. The second-order valence-electron chi connectivity index (χ2n) is 7.66. The Labute approximate surface area is 144 Å². The number of piperazine rings is 2. The Balaban J connectivity index is 1.64. The van der Waals surface area contributed by atoms with Crippen molar-refractivity contribution in [2.45, 2.75) is 12.8 Å². The maximum atomic E-state index is 13.2. The van der Waals surface area contributed by atoms with E-state index in [0.29, 0.717) is 13.0 Å². The lowest BCUT2D eigenvalue weighted by atomic mass is 9.81. The van der Waals surface area contributed by atoms with Crippen molar-refractivity contribution in [2.24, 2.45) is 5.41 Å². The van der Waals surface area contributed by atoms with Crippen molar-refractivity contribution in [1.82, 2.24) is 24.9 Å². The molecule has 3 heterocycles. The minimum Gasteiger partial charge on any atom is -0.340 e. The Morgan fingerprint density at radius 2 is 1.42 bits per heavy atom. The Bertz CT molecular complexity index is 462. The largest absolute Gasteiger partial charge is 0.340 e. The molecule has 3 aliphatic heterocycles. The molecule has 1 atom stereocenters. The van der Waals surface area contributed by atoms with Crippen LogP contribution in [0.3, 0.4) is 0 Å². The molecule has 1 unspecified atom stereocenters. The predicted molar refractivity (Wildman–Crippen MR) is 92.7 cm³/mol. The highest BCUT2D eigenvalue weighted by molar-refractivity contribution is 5.89. The monoisotopic (exact) mass is 337 g/mol. The van der Waals surface area contributed by atoms with E-state index in [1.807, 2.05) is 9.80 Å². The molecule has 0 aromatic heterocycles. The van der Waals surface area contributed by atoms with Crippen LogP contribution in [0.4, 0.5) is 0 Å². The summed E-state index contributed by atoms with van der Waals surface area (Å²) in [5.41, 5.74) is -0.531. The molecule has 136 valence electrons. The number of hydrogen-bond donors (Lipinski definition) is 1. The molecule has 0 aliphatic carbocycles. The third-order valence-electron chi connectivity index (χ3n) is 5.83. The van der Waals surface area contributed by atoms with Gasteiger partial charge in [0.1, 0.15) is 0 Å². The lowest BCUT2D eigenvalue weighted by molar-refractivity contribution is -0.149. The summed E-state index contributed by atoms with van der Waals surface area (Å²) in [5.74, 6) is 0.331. The average Bonchev–Trinajstić information content (AvgIpc) is 3.05. The van der Waals surface area contributed by atoms with Gasteiger partial charge >= 0.3 is 0 Å². The molecular formula is C17H31N5O2. The lowest BCUT2D eigenvalue weighted by Gasteiger charge is -2.39. The van der Waals surface area contributed by atoms with E-state index in [1.165, 1.54) is 0 Å². The molecule has 0 spiro atoms. The normalized spacial score (nSPS) is 29.9. The van der Waals surface area contributed by atoms with Gasteiger partial charge in [-0.2, -0.15) is 0 Å². The van der Waals surface area contributed by atoms with Crippen LogP contribution in [0.2, 0.25) is 0 Å². The zero-order chi connectivity index (χ0) is 17.2. The summed E-state index contributed by atoms with van der Waals surface area (Å²) < 4.78 is 0. The summed E-state index contributed by atoms with van der Waals surface area (Å²) in [6.45, 7) is 8.26. The zero-order valence-corrected chi connectivity index (χ0v) is 15.1. The van der Waals surface area contributed by atoms with Gasteiger partial charge in [0.25, 0.3) is 0 Å². The molecule has 0 radical (unpaired) electrons. The molecule has 0 aromatic carbocycles. The van der Waals surface area contributed by atoms with Crippen LogP contribution in [0.25, 0.3) is 0 Å². The van der Waals surface area contributed by atoms with Gasteiger partial charge in [0.15, 0.2) is 0 Å². The Morgan fingerprint density at radius 3 is 1.92 bits per heavy atom. The van der Waals surface area contributed by atoms with Crippen molar-refractivity contribution < 1.29 is 9.59 Å². The molecule has 0 bridgehead atoms. The van der Waals surface area contributed by atoms with Crippen LogP contribution >= 0.6 is 0 Å². The van der Waals surface area contributed by atoms with Crippen molar-refractivity contribution in [3.8, 4) is 0 Å². The van der Waals surface area contributed by atoms with Gasteiger partial charge in [-0.25, -0.2) is 0 Å². The fraction of sp³-hybridized carbons (Fsp3) is 0.882. The standard InChI is InChI=1S/C17H31N5O2/c1-19-5-9-21(10-6-19)15(23)13-17(3-4-18-14-17)16(24)22-11-7-20(2)8-12-22/h18H,3-14H2,1-2H3. The molecule has 0 saturated carbocycles. The Hall–Kier alpha value is -1.18. The predicted octanol–water partition coefficient (Wildman–Crippen LogP) is -1.10. The maximum Gasteiger partial charge on any atom is 0.230 e. The zero-order valence-electron chi connectivity index (χ0n) is 15.1. The van der Waals surface area contributed by atoms with Gasteiger partial charge in [-0.15, -0.1) is 0 Å². The van der Waals surface area contributed by atoms with E-state index in [2.05, 4.69) is 29.2 Å². The lowest BCUT2D eigenvalue weighted by Crippen LogP contribution is -2.55. The first-order valence-electron chi connectivity index (χ1n) is 9.15. The molecule has 3 rings (SSSR count). The second kappa shape index (κ2) is 7.37.